The molecule has 2 fully saturated rings. The van der Waals surface area contributed by atoms with E-state index in [0.29, 0.717) is 19.5 Å². The highest BCUT2D eigenvalue weighted by atomic mass is 16.3. The number of fused-ring (bicyclic) bond motifs is 1. The minimum absolute atomic E-state index is 0.183. The summed E-state index contributed by atoms with van der Waals surface area (Å²) in [6.07, 6.45) is 4.67. The van der Waals surface area contributed by atoms with Crippen molar-refractivity contribution in [3.05, 3.63) is 20.8 Å². The number of H-pyrrole nitrogens is 2. The summed E-state index contributed by atoms with van der Waals surface area (Å²) >= 11 is 0. The molecule has 3 N–H and O–H groups in total. The second-order valence-electron chi connectivity index (χ2n) is 5.57. The number of aromatic amines is 2. The van der Waals surface area contributed by atoms with E-state index in [4.69, 9.17) is 0 Å². The molecular weight excluding hydrogens is 248 g/mol. The molecular formula is C12H18N4O3. The highest BCUT2D eigenvalue weighted by Gasteiger charge is 2.43. The van der Waals surface area contributed by atoms with Gasteiger partial charge in [-0.3, -0.25) is 9.78 Å². The molecule has 1 saturated carbocycles. The van der Waals surface area contributed by atoms with Gasteiger partial charge in [0.25, 0.3) is 5.56 Å². The summed E-state index contributed by atoms with van der Waals surface area (Å²) < 4.78 is 0. The molecule has 2 unspecified atom stereocenters. The lowest BCUT2D eigenvalue weighted by atomic mass is 9.71. The third kappa shape index (κ3) is 2.18. The van der Waals surface area contributed by atoms with Crippen LogP contribution in [-0.2, 0) is 0 Å². The number of hydrogen-bond donors (Lipinski definition) is 3. The largest absolute Gasteiger partial charge is 0.389 e. The molecule has 0 amide bonds. The lowest BCUT2D eigenvalue weighted by Gasteiger charge is -2.47. The Morgan fingerprint density at radius 1 is 1.32 bits per heavy atom. The SMILES string of the molecule is O=c1[nH]nc(N2CCC3(O)CCCCC3C2)c(=O)[nH]1. The van der Waals surface area contributed by atoms with E-state index in [2.05, 4.69) is 15.2 Å². The molecule has 2 aliphatic rings. The van der Waals surface area contributed by atoms with Gasteiger partial charge in [-0.05, 0) is 19.3 Å². The first-order valence-corrected chi connectivity index (χ1v) is 6.75. The van der Waals surface area contributed by atoms with Crippen molar-refractivity contribution in [2.45, 2.75) is 37.7 Å². The van der Waals surface area contributed by atoms with E-state index in [1.165, 1.54) is 0 Å². The van der Waals surface area contributed by atoms with E-state index in [0.717, 1.165) is 25.7 Å². The van der Waals surface area contributed by atoms with Crippen LogP contribution in [0.1, 0.15) is 32.1 Å². The van der Waals surface area contributed by atoms with Gasteiger partial charge in [0.1, 0.15) is 0 Å². The molecule has 2 atom stereocenters. The van der Waals surface area contributed by atoms with Gasteiger partial charge in [0.15, 0.2) is 0 Å². The minimum Gasteiger partial charge on any atom is -0.389 e. The van der Waals surface area contributed by atoms with Crippen LogP contribution in [0.4, 0.5) is 5.82 Å². The lowest BCUT2D eigenvalue weighted by molar-refractivity contribution is -0.0614. The van der Waals surface area contributed by atoms with Crippen molar-refractivity contribution in [2.24, 2.45) is 5.92 Å². The van der Waals surface area contributed by atoms with E-state index < -0.39 is 16.9 Å². The number of hydrogen-bond acceptors (Lipinski definition) is 5. The van der Waals surface area contributed by atoms with Gasteiger partial charge in [-0.15, -0.1) is 5.10 Å². The number of aromatic nitrogens is 3. The van der Waals surface area contributed by atoms with Gasteiger partial charge >= 0.3 is 5.69 Å². The first kappa shape index (κ1) is 12.4. The minimum atomic E-state index is -0.597. The molecule has 2 heterocycles. The standard InChI is InChI=1S/C12H18N4O3/c17-10-9(14-15-11(18)13-10)16-6-5-12(19)4-2-1-3-8(12)7-16/h8,19H,1-7H2,(H2,13,15,17,18). The Labute approximate surface area is 109 Å². The summed E-state index contributed by atoms with van der Waals surface area (Å²) in [5, 5.41) is 16.7. The molecule has 104 valence electrons. The van der Waals surface area contributed by atoms with Crippen LogP contribution in [-0.4, -0.2) is 39.0 Å². The molecule has 0 radical (unpaired) electrons. The van der Waals surface area contributed by atoms with Crippen LogP contribution in [0.5, 0.6) is 0 Å². The lowest BCUT2D eigenvalue weighted by Crippen LogP contribution is -2.54. The Morgan fingerprint density at radius 2 is 2.16 bits per heavy atom. The summed E-state index contributed by atoms with van der Waals surface area (Å²) in [6, 6.07) is 0. The number of nitrogens with zero attached hydrogens (tertiary/aromatic N) is 2. The van der Waals surface area contributed by atoms with E-state index in [1.807, 2.05) is 4.90 Å². The van der Waals surface area contributed by atoms with E-state index in [-0.39, 0.29) is 11.7 Å². The molecule has 1 aliphatic heterocycles. The molecule has 7 nitrogen and oxygen atoms in total. The summed E-state index contributed by atoms with van der Waals surface area (Å²) in [5.41, 5.74) is -1.64. The third-order valence-electron chi connectivity index (χ3n) is 4.42. The number of piperidine rings is 1. The van der Waals surface area contributed by atoms with Gasteiger partial charge < -0.3 is 10.0 Å². The fraction of sp³-hybridized carbons (Fsp3) is 0.750. The normalized spacial score (nSPS) is 31.0. The zero-order valence-corrected chi connectivity index (χ0v) is 10.7. The van der Waals surface area contributed by atoms with Crippen molar-refractivity contribution in [3.8, 4) is 0 Å². The molecule has 1 aromatic heterocycles. The Hall–Kier alpha value is -1.63. The molecule has 0 bridgehead atoms. The number of aliphatic hydroxyl groups is 1. The second kappa shape index (κ2) is 4.48. The van der Waals surface area contributed by atoms with Crippen molar-refractivity contribution in [1.29, 1.82) is 0 Å². The maximum Gasteiger partial charge on any atom is 0.342 e. The molecule has 1 aromatic rings. The molecule has 0 spiro atoms. The highest BCUT2D eigenvalue weighted by Crippen LogP contribution is 2.40. The van der Waals surface area contributed by atoms with E-state index in [1.54, 1.807) is 0 Å². The summed E-state index contributed by atoms with van der Waals surface area (Å²) in [4.78, 5) is 26.8. The number of anilines is 1. The molecule has 1 aliphatic carbocycles. The van der Waals surface area contributed by atoms with Crippen LogP contribution < -0.4 is 16.1 Å². The van der Waals surface area contributed by atoms with Crippen molar-refractivity contribution >= 4 is 5.82 Å². The van der Waals surface area contributed by atoms with Gasteiger partial charge in [0.2, 0.25) is 5.82 Å². The number of rotatable bonds is 1. The zero-order valence-electron chi connectivity index (χ0n) is 10.7. The first-order valence-electron chi connectivity index (χ1n) is 6.75. The maximum absolute atomic E-state index is 11.7. The van der Waals surface area contributed by atoms with Crippen LogP contribution in [0, 0.1) is 5.92 Å². The molecule has 0 aromatic carbocycles. The highest BCUT2D eigenvalue weighted by molar-refractivity contribution is 5.35. The molecule has 3 rings (SSSR count). The summed E-state index contributed by atoms with van der Waals surface area (Å²) in [5.74, 6) is 0.426. The fourth-order valence-electron chi connectivity index (χ4n) is 3.32. The maximum atomic E-state index is 11.7. The van der Waals surface area contributed by atoms with Gasteiger partial charge in [-0.25, -0.2) is 9.89 Å². The van der Waals surface area contributed by atoms with Crippen molar-refractivity contribution in [2.75, 3.05) is 18.0 Å². The van der Waals surface area contributed by atoms with Crippen LogP contribution in [0.25, 0.3) is 0 Å². The van der Waals surface area contributed by atoms with Crippen molar-refractivity contribution in [1.82, 2.24) is 15.2 Å². The molecule has 19 heavy (non-hydrogen) atoms. The first-order chi connectivity index (χ1) is 9.08. The van der Waals surface area contributed by atoms with Crippen molar-refractivity contribution < 1.29 is 5.11 Å². The quantitative estimate of drug-likeness (QED) is 0.641. The Bertz CT molecular complexity index is 581. The van der Waals surface area contributed by atoms with Gasteiger partial charge in [0.05, 0.1) is 5.60 Å². The van der Waals surface area contributed by atoms with Gasteiger partial charge in [-0.1, -0.05) is 12.8 Å². The van der Waals surface area contributed by atoms with E-state index >= 15 is 0 Å². The monoisotopic (exact) mass is 266 g/mol. The molecule has 1 saturated heterocycles. The van der Waals surface area contributed by atoms with Gasteiger partial charge in [0, 0.05) is 19.0 Å². The predicted octanol–water partition coefficient (Wildman–Crippen LogP) is -0.410. The van der Waals surface area contributed by atoms with Crippen LogP contribution >= 0.6 is 0 Å². The third-order valence-corrected chi connectivity index (χ3v) is 4.42. The second-order valence-corrected chi connectivity index (χ2v) is 5.57. The van der Waals surface area contributed by atoms with Gasteiger partial charge in [-0.2, -0.15) is 0 Å². The molecule has 7 heteroatoms. The fourth-order valence-corrected chi connectivity index (χ4v) is 3.32. The van der Waals surface area contributed by atoms with Crippen LogP contribution in [0.15, 0.2) is 9.59 Å². The Balaban J connectivity index is 1.84. The predicted molar refractivity (Wildman–Crippen MR) is 69.2 cm³/mol. The summed E-state index contributed by atoms with van der Waals surface area (Å²) in [7, 11) is 0. The average Bonchev–Trinajstić information content (AvgIpc) is 2.38. The van der Waals surface area contributed by atoms with Crippen LogP contribution in [0.2, 0.25) is 0 Å². The Kier molecular flexibility index (Phi) is 2.93. The Morgan fingerprint density at radius 3 is 2.95 bits per heavy atom. The van der Waals surface area contributed by atoms with Crippen LogP contribution in [0.3, 0.4) is 0 Å². The smallest absolute Gasteiger partial charge is 0.342 e. The average molecular weight is 266 g/mol. The zero-order chi connectivity index (χ0) is 13.5. The summed E-state index contributed by atoms with van der Waals surface area (Å²) in [6.45, 7) is 1.22. The number of nitrogens with one attached hydrogen (secondary N) is 2. The topological polar surface area (TPSA) is 102 Å². The van der Waals surface area contributed by atoms with Crippen molar-refractivity contribution in [3.63, 3.8) is 0 Å². The van der Waals surface area contributed by atoms with E-state index in [9.17, 15) is 14.7 Å².